The number of benzene rings is 1. The smallest absolute Gasteiger partial charge is 0.262 e. The summed E-state index contributed by atoms with van der Waals surface area (Å²) in [4.78, 5) is 30.8. The fourth-order valence-electron chi connectivity index (χ4n) is 3.39. The Balaban J connectivity index is 1.78. The molecule has 0 atom stereocenters. The van der Waals surface area contributed by atoms with E-state index < -0.39 is 0 Å². The van der Waals surface area contributed by atoms with E-state index in [0.29, 0.717) is 13.0 Å². The van der Waals surface area contributed by atoms with Crippen LogP contribution in [0.25, 0.3) is 10.9 Å². The van der Waals surface area contributed by atoms with Gasteiger partial charge >= 0.3 is 0 Å². The highest BCUT2D eigenvalue weighted by Crippen LogP contribution is 2.34. The Morgan fingerprint density at radius 3 is 2.65 bits per heavy atom. The third kappa shape index (κ3) is 3.67. The number of hydrogen-bond donors (Lipinski definition) is 1. The number of aromatic nitrogens is 2. The molecule has 1 aliphatic rings. The lowest BCUT2D eigenvalue weighted by atomic mass is 9.96. The molecular formula is C18H21Cl2N3O3. The molecular weight excluding hydrogens is 377 g/mol. The third-order valence-electron chi connectivity index (χ3n) is 4.87. The zero-order chi connectivity index (χ0) is 18.8. The first-order chi connectivity index (χ1) is 12.4. The molecule has 0 aliphatic carbocycles. The second kappa shape index (κ2) is 7.84. The van der Waals surface area contributed by atoms with Crippen LogP contribution in [-0.4, -0.2) is 38.6 Å². The van der Waals surface area contributed by atoms with Crippen molar-refractivity contribution in [1.82, 2.24) is 14.5 Å². The minimum atomic E-state index is -0.295. The zero-order valence-electron chi connectivity index (χ0n) is 14.5. The maximum Gasteiger partial charge on any atom is 0.262 e. The van der Waals surface area contributed by atoms with Gasteiger partial charge in [0, 0.05) is 26.1 Å². The fourth-order valence-corrected chi connectivity index (χ4v) is 3.93. The molecule has 1 aliphatic heterocycles. The number of piperidine rings is 1. The lowest BCUT2D eigenvalue weighted by Gasteiger charge is -2.32. The van der Waals surface area contributed by atoms with Crippen LogP contribution in [-0.2, 0) is 11.3 Å². The van der Waals surface area contributed by atoms with Gasteiger partial charge in [-0.2, -0.15) is 0 Å². The number of carbonyl (C=O) groups is 1. The molecule has 6 nitrogen and oxygen atoms in total. The molecule has 0 spiro atoms. The molecule has 8 heteroatoms. The number of halogens is 2. The highest BCUT2D eigenvalue weighted by atomic mass is 35.5. The van der Waals surface area contributed by atoms with Crippen molar-refractivity contribution in [3.63, 3.8) is 0 Å². The predicted molar refractivity (Wildman–Crippen MR) is 102 cm³/mol. The summed E-state index contributed by atoms with van der Waals surface area (Å²) < 4.78 is 1.52. The number of likely N-dealkylation sites (tertiary alicyclic amines) is 1. The molecule has 0 bridgehead atoms. The second-order valence-corrected chi connectivity index (χ2v) is 7.50. The zero-order valence-corrected chi connectivity index (χ0v) is 16.1. The maximum atomic E-state index is 12.8. The summed E-state index contributed by atoms with van der Waals surface area (Å²) in [6.07, 6.45) is 4.56. The maximum absolute atomic E-state index is 12.8. The Morgan fingerprint density at radius 2 is 2.00 bits per heavy atom. The fraction of sp³-hybridized carbons (Fsp3) is 0.500. The van der Waals surface area contributed by atoms with E-state index in [1.165, 1.54) is 17.0 Å². The first-order valence-corrected chi connectivity index (χ1v) is 9.51. The first kappa shape index (κ1) is 19.0. The highest BCUT2D eigenvalue weighted by molar-refractivity contribution is 6.39. The molecule has 0 radical (unpaired) electrons. The molecule has 26 heavy (non-hydrogen) atoms. The van der Waals surface area contributed by atoms with Crippen molar-refractivity contribution in [2.24, 2.45) is 5.92 Å². The molecule has 3 rings (SSSR count). The number of hydrogen-bond acceptors (Lipinski definition) is 4. The Kier molecular flexibility index (Phi) is 5.73. The third-order valence-corrected chi connectivity index (χ3v) is 5.45. The van der Waals surface area contributed by atoms with Crippen molar-refractivity contribution in [3.8, 4) is 5.75 Å². The minimum absolute atomic E-state index is 0.0660. The largest absolute Gasteiger partial charge is 0.504 e. The van der Waals surface area contributed by atoms with Gasteiger partial charge in [0.2, 0.25) is 5.91 Å². The van der Waals surface area contributed by atoms with Gasteiger partial charge in [0.25, 0.3) is 5.56 Å². The molecule has 1 saturated heterocycles. The van der Waals surface area contributed by atoms with E-state index in [1.807, 2.05) is 11.8 Å². The number of carbonyl (C=O) groups excluding carboxylic acids is 1. The topological polar surface area (TPSA) is 75.4 Å². The van der Waals surface area contributed by atoms with Crippen LogP contribution in [0.15, 0.2) is 17.2 Å². The van der Waals surface area contributed by atoms with Crippen LogP contribution in [0.4, 0.5) is 0 Å². The standard InChI is InChI=1S/C18H21Cl2N3O3/c1-2-3-14(24)22-6-4-11(5-7-22)9-23-10-21-16-15(18(23)26)12(19)8-13(20)17(16)25/h8,10-11,25H,2-7,9H2,1H3. The lowest BCUT2D eigenvalue weighted by Crippen LogP contribution is -2.40. The number of fused-ring (bicyclic) bond motifs is 1. The Morgan fingerprint density at radius 1 is 1.31 bits per heavy atom. The van der Waals surface area contributed by atoms with Crippen LogP contribution in [0.5, 0.6) is 5.75 Å². The molecule has 2 heterocycles. The molecule has 1 fully saturated rings. The summed E-state index contributed by atoms with van der Waals surface area (Å²) in [5.41, 5.74) is -0.180. The molecule has 0 unspecified atom stereocenters. The first-order valence-electron chi connectivity index (χ1n) is 8.76. The summed E-state index contributed by atoms with van der Waals surface area (Å²) in [7, 11) is 0. The number of nitrogens with zero attached hydrogens (tertiary/aromatic N) is 3. The quantitative estimate of drug-likeness (QED) is 0.856. The minimum Gasteiger partial charge on any atom is -0.504 e. The van der Waals surface area contributed by atoms with Gasteiger partial charge in [-0.25, -0.2) is 4.98 Å². The Hall–Kier alpha value is -1.79. The molecule has 1 N–H and O–H groups in total. The van der Waals surface area contributed by atoms with E-state index in [0.717, 1.165) is 32.4 Å². The van der Waals surface area contributed by atoms with Crippen LogP contribution in [0.2, 0.25) is 10.0 Å². The van der Waals surface area contributed by atoms with E-state index in [-0.39, 0.29) is 44.1 Å². The molecule has 1 aromatic carbocycles. The summed E-state index contributed by atoms with van der Waals surface area (Å²) in [6, 6.07) is 1.35. The molecule has 2 aromatic rings. The van der Waals surface area contributed by atoms with Crippen molar-refractivity contribution in [1.29, 1.82) is 0 Å². The van der Waals surface area contributed by atoms with Crippen molar-refractivity contribution in [2.75, 3.05) is 13.1 Å². The summed E-state index contributed by atoms with van der Waals surface area (Å²) in [5, 5.41) is 10.4. The monoisotopic (exact) mass is 397 g/mol. The van der Waals surface area contributed by atoms with Gasteiger partial charge in [-0.3, -0.25) is 14.2 Å². The second-order valence-electron chi connectivity index (χ2n) is 6.69. The van der Waals surface area contributed by atoms with Gasteiger partial charge < -0.3 is 10.0 Å². The van der Waals surface area contributed by atoms with Gasteiger partial charge in [-0.15, -0.1) is 0 Å². The molecule has 0 saturated carbocycles. The van der Waals surface area contributed by atoms with Crippen molar-refractivity contribution < 1.29 is 9.90 Å². The summed E-state index contributed by atoms with van der Waals surface area (Å²) in [5.74, 6) is 0.255. The van der Waals surface area contributed by atoms with Crippen molar-refractivity contribution in [2.45, 2.75) is 39.2 Å². The van der Waals surface area contributed by atoms with E-state index in [4.69, 9.17) is 23.2 Å². The summed E-state index contributed by atoms with van der Waals surface area (Å²) >= 11 is 12.0. The normalized spacial score (nSPS) is 15.6. The molecule has 140 valence electrons. The molecule has 1 aromatic heterocycles. The van der Waals surface area contributed by atoms with Gasteiger partial charge in [0.15, 0.2) is 5.75 Å². The van der Waals surface area contributed by atoms with E-state index in [1.54, 1.807) is 0 Å². The SMILES string of the molecule is CCCC(=O)N1CCC(Cn2cnc3c(O)c(Cl)cc(Cl)c3c2=O)CC1. The predicted octanol–water partition coefficient (Wildman–Crippen LogP) is 3.45. The summed E-state index contributed by atoms with van der Waals surface area (Å²) in [6.45, 7) is 3.95. The average molecular weight is 398 g/mol. The van der Waals surface area contributed by atoms with Gasteiger partial charge in [-0.1, -0.05) is 30.1 Å². The van der Waals surface area contributed by atoms with Gasteiger partial charge in [0.1, 0.15) is 5.52 Å². The van der Waals surface area contributed by atoms with Gasteiger partial charge in [0.05, 0.1) is 21.8 Å². The highest BCUT2D eigenvalue weighted by Gasteiger charge is 2.23. The van der Waals surface area contributed by atoms with Crippen LogP contribution in [0, 0.1) is 5.92 Å². The van der Waals surface area contributed by atoms with E-state index in [2.05, 4.69) is 4.98 Å². The van der Waals surface area contributed by atoms with Crippen LogP contribution in [0.1, 0.15) is 32.6 Å². The number of phenolic OH excluding ortho intramolecular Hbond substituents is 1. The number of amides is 1. The molecule has 1 amide bonds. The number of rotatable bonds is 4. The average Bonchev–Trinajstić information content (AvgIpc) is 2.62. The Labute approximate surface area is 161 Å². The Bertz CT molecular complexity index is 889. The van der Waals surface area contributed by atoms with Crippen LogP contribution < -0.4 is 5.56 Å². The lowest BCUT2D eigenvalue weighted by molar-refractivity contribution is -0.132. The number of aromatic hydroxyl groups is 1. The van der Waals surface area contributed by atoms with Crippen LogP contribution in [0.3, 0.4) is 0 Å². The van der Waals surface area contributed by atoms with Gasteiger partial charge in [-0.05, 0) is 31.2 Å². The van der Waals surface area contributed by atoms with E-state index in [9.17, 15) is 14.7 Å². The number of phenols is 1. The van der Waals surface area contributed by atoms with Crippen molar-refractivity contribution in [3.05, 3.63) is 32.8 Å². The van der Waals surface area contributed by atoms with Crippen molar-refractivity contribution >= 4 is 40.0 Å². The van der Waals surface area contributed by atoms with E-state index >= 15 is 0 Å². The van der Waals surface area contributed by atoms with Crippen LogP contribution >= 0.6 is 23.2 Å².